The van der Waals surface area contributed by atoms with E-state index in [1.807, 2.05) is 0 Å². The minimum Gasteiger partial charge on any atom is -0.497 e. The minimum atomic E-state index is -3.64. The Morgan fingerprint density at radius 1 is 1.22 bits per heavy atom. The molecule has 0 saturated heterocycles. The van der Waals surface area contributed by atoms with E-state index < -0.39 is 10.0 Å². The molecule has 0 aliphatic carbocycles. The maximum atomic E-state index is 11.5. The van der Waals surface area contributed by atoms with Crippen LogP contribution in [-0.4, -0.2) is 28.0 Å². The van der Waals surface area contributed by atoms with Crippen molar-refractivity contribution in [2.75, 3.05) is 13.7 Å². The average Bonchev–Trinajstić information content (AvgIpc) is 2.60. The van der Waals surface area contributed by atoms with Gasteiger partial charge in [0.1, 0.15) is 28.8 Å². The van der Waals surface area contributed by atoms with Gasteiger partial charge in [-0.15, -0.1) is 4.40 Å². The van der Waals surface area contributed by atoms with Gasteiger partial charge in [-0.3, -0.25) is 0 Å². The monoisotopic (exact) mass is 268 g/mol. The smallest absolute Gasteiger partial charge is 0.283 e. The zero-order chi connectivity index (χ0) is 13.2. The Morgan fingerprint density at radius 2 is 1.83 bits per heavy atom. The van der Waals surface area contributed by atoms with Crippen molar-refractivity contribution < 1.29 is 17.9 Å². The molecule has 0 unspecified atom stereocenters. The normalized spacial score (nSPS) is 16.9. The second-order valence-electron chi connectivity index (χ2n) is 3.57. The highest BCUT2D eigenvalue weighted by molar-refractivity contribution is 7.94. The van der Waals surface area contributed by atoms with Crippen LogP contribution < -0.4 is 15.2 Å². The van der Waals surface area contributed by atoms with Crippen LogP contribution in [0, 0.1) is 0 Å². The van der Waals surface area contributed by atoms with Crippen LogP contribution in [0.5, 0.6) is 11.5 Å². The average molecular weight is 268 g/mol. The van der Waals surface area contributed by atoms with Gasteiger partial charge in [-0.25, -0.2) is 0 Å². The SMILES string of the molecule is COc1ccc(OCC2=CC(N)=NS2(=O)=O)cc1. The summed E-state index contributed by atoms with van der Waals surface area (Å²) in [5.74, 6) is 1.21. The molecule has 1 aliphatic heterocycles. The molecular formula is C11H12N2O4S. The summed E-state index contributed by atoms with van der Waals surface area (Å²) in [7, 11) is -2.08. The molecule has 96 valence electrons. The highest BCUT2D eigenvalue weighted by Crippen LogP contribution is 2.20. The van der Waals surface area contributed by atoms with Crippen molar-refractivity contribution in [3.8, 4) is 11.5 Å². The van der Waals surface area contributed by atoms with Gasteiger partial charge < -0.3 is 15.2 Å². The topological polar surface area (TPSA) is 91.0 Å². The molecule has 0 aromatic heterocycles. The van der Waals surface area contributed by atoms with Crippen molar-refractivity contribution in [2.45, 2.75) is 0 Å². The van der Waals surface area contributed by atoms with Crippen molar-refractivity contribution in [3.05, 3.63) is 35.2 Å². The van der Waals surface area contributed by atoms with Crippen molar-refractivity contribution >= 4 is 15.9 Å². The van der Waals surface area contributed by atoms with Gasteiger partial charge in [-0.05, 0) is 24.3 Å². The first-order chi connectivity index (χ1) is 8.51. The molecule has 1 heterocycles. The Bertz CT molecular complexity index is 602. The van der Waals surface area contributed by atoms with Crippen LogP contribution in [0.1, 0.15) is 0 Å². The van der Waals surface area contributed by atoms with E-state index in [-0.39, 0.29) is 17.3 Å². The molecule has 6 nitrogen and oxygen atoms in total. The molecule has 0 fully saturated rings. The number of rotatable bonds is 4. The molecule has 0 atom stereocenters. The molecule has 0 radical (unpaired) electrons. The number of methoxy groups -OCH3 is 1. The van der Waals surface area contributed by atoms with Crippen molar-refractivity contribution in [3.63, 3.8) is 0 Å². The van der Waals surface area contributed by atoms with E-state index >= 15 is 0 Å². The lowest BCUT2D eigenvalue weighted by molar-refractivity contribution is 0.356. The van der Waals surface area contributed by atoms with Crippen molar-refractivity contribution in [1.82, 2.24) is 0 Å². The maximum Gasteiger partial charge on any atom is 0.283 e. The Balaban J connectivity index is 2.03. The van der Waals surface area contributed by atoms with Crippen LogP contribution >= 0.6 is 0 Å². The molecule has 2 N–H and O–H groups in total. The quantitative estimate of drug-likeness (QED) is 0.866. The Morgan fingerprint density at radius 3 is 2.33 bits per heavy atom. The fourth-order valence-electron chi connectivity index (χ4n) is 1.41. The standard InChI is InChI=1S/C11H12N2O4S/c1-16-8-2-4-9(5-3-8)17-7-10-6-11(12)13-18(10,14)15/h2-6H,7H2,1H3,(H2,12,13). The van der Waals surface area contributed by atoms with Gasteiger partial charge in [0.05, 0.1) is 7.11 Å². The number of nitrogens with two attached hydrogens (primary N) is 1. The number of nitrogens with zero attached hydrogens (tertiary/aromatic N) is 1. The van der Waals surface area contributed by atoms with Crippen LogP contribution in [0.25, 0.3) is 0 Å². The molecule has 1 aromatic rings. The number of hydrogen-bond donors (Lipinski definition) is 1. The van der Waals surface area contributed by atoms with Crippen LogP contribution in [0.15, 0.2) is 39.6 Å². The second-order valence-corrected chi connectivity index (χ2v) is 5.22. The van der Waals surface area contributed by atoms with E-state index in [1.54, 1.807) is 31.4 Å². The lowest BCUT2D eigenvalue weighted by Crippen LogP contribution is -2.07. The Hall–Kier alpha value is -2.02. The number of ether oxygens (including phenoxy) is 2. The summed E-state index contributed by atoms with van der Waals surface area (Å²) in [6.07, 6.45) is 1.29. The fraction of sp³-hybridized carbons (Fsp3) is 0.182. The fourth-order valence-corrected chi connectivity index (χ4v) is 2.33. The highest BCUT2D eigenvalue weighted by atomic mass is 32.2. The van der Waals surface area contributed by atoms with Crippen LogP contribution in [0.4, 0.5) is 0 Å². The Labute approximate surface area is 105 Å². The number of sulfonamides is 1. The van der Waals surface area contributed by atoms with Gasteiger partial charge in [-0.2, -0.15) is 8.42 Å². The molecule has 0 bridgehead atoms. The minimum absolute atomic E-state index is 0.0247. The highest BCUT2D eigenvalue weighted by Gasteiger charge is 2.23. The van der Waals surface area contributed by atoms with Crippen LogP contribution in [0.3, 0.4) is 0 Å². The van der Waals surface area contributed by atoms with E-state index in [2.05, 4.69) is 4.40 Å². The lowest BCUT2D eigenvalue weighted by Gasteiger charge is -2.06. The third-order valence-electron chi connectivity index (χ3n) is 2.31. The molecule has 1 aliphatic rings. The molecule has 18 heavy (non-hydrogen) atoms. The Kier molecular flexibility index (Phi) is 3.24. The molecule has 0 saturated carbocycles. The maximum absolute atomic E-state index is 11.5. The second kappa shape index (κ2) is 4.69. The number of amidine groups is 1. The van der Waals surface area contributed by atoms with E-state index in [0.717, 1.165) is 0 Å². The van der Waals surface area contributed by atoms with Crippen LogP contribution in [0.2, 0.25) is 0 Å². The van der Waals surface area contributed by atoms with E-state index in [4.69, 9.17) is 15.2 Å². The van der Waals surface area contributed by atoms with E-state index in [0.29, 0.717) is 11.5 Å². The summed E-state index contributed by atoms with van der Waals surface area (Å²) < 4.78 is 36.6. The zero-order valence-corrected chi connectivity index (χ0v) is 10.5. The molecule has 0 spiro atoms. The summed E-state index contributed by atoms with van der Waals surface area (Å²) in [4.78, 5) is 0.0517. The summed E-state index contributed by atoms with van der Waals surface area (Å²) in [6, 6.07) is 6.81. The predicted octanol–water partition coefficient (Wildman–Crippen LogP) is 0.659. The summed E-state index contributed by atoms with van der Waals surface area (Å²) in [5, 5.41) is 0. The lowest BCUT2D eigenvalue weighted by atomic mass is 10.3. The first-order valence-corrected chi connectivity index (χ1v) is 6.53. The third kappa shape index (κ3) is 2.62. The van der Waals surface area contributed by atoms with Gasteiger partial charge >= 0.3 is 0 Å². The number of benzene rings is 1. The zero-order valence-electron chi connectivity index (χ0n) is 9.66. The van der Waals surface area contributed by atoms with Crippen molar-refractivity contribution in [1.29, 1.82) is 0 Å². The molecule has 7 heteroatoms. The largest absolute Gasteiger partial charge is 0.497 e. The number of hydrogen-bond acceptors (Lipinski definition) is 5. The molecule has 2 rings (SSSR count). The molecule has 0 amide bonds. The van der Waals surface area contributed by atoms with Gasteiger partial charge in [-0.1, -0.05) is 0 Å². The summed E-state index contributed by atoms with van der Waals surface area (Å²) >= 11 is 0. The predicted molar refractivity (Wildman–Crippen MR) is 67.1 cm³/mol. The molecular weight excluding hydrogens is 256 g/mol. The van der Waals surface area contributed by atoms with E-state index in [9.17, 15) is 8.42 Å². The summed E-state index contributed by atoms with van der Waals surface area (Å²) in [5.41, 5.74) is 5.33. The first-order valence-electron chi connectivity index (χ1n) is 5.09. The van der Waals surface area contributed by atoms with Crippen LogP contribution in [-0.2, 0) is 10.0 Å². The third-order valence-corrected chi connectivity index (χ3v) is 3.66. The summed E-state index contributed by atoms with van der Waals surface area (Å²) in [6.45, 7) is -0.0984. The van der Waals surface area contributed by atoms with Gasteiger partial charge in [0, 0.05) is 6.08 Å². The van der Waals surface area contributed by atoms with Crippen molar-refractivity contribution in [2.24, 2.45) is 10.1 Å². The van der Waals surface area contributed by atoms with Gasteiger partial charge in [0.15, 0.2) is 0 Å². The van der Waals surface area contributed by atoms with Gasteiger partial charge in [0.2, 0.25) is 0 Å². The van der Waals surface area contributed by atoms with Gasteiger partial charge in [0.25, 0.3) is 10.0 Å². The molecule has 1 aromatic carbocycles. The van der Waals surface area contributed by atoms with E-state index in [1.165, 1.54) is 6.08 Å². The first kappa shape index (κ1) is 12.4.